The molecule has 0 atom stereocenters. The molecular weight excluding hydrogens is 498 g/mol. The highest BCUT2D eigenvalue weighted by Crippen LogP contribution is 2.42. The van der Waals surface area contributed by atoms with Gasteiger partial charge in [0.1, 0.15) is 0 Å². The minimum absolute atomic E-state index is 0.305. The second kappa shape index (κ2) is 13.3. The van der Waals surface area contributed by atoms with Crippen LogP contribution in [-0.4, -0.2) is 17.8 Å². The molecule has 0 aliphatic heterocycles. The predicted octanol–water partition coefficient (Wildman–Crippen LogP) is 9.32. The summed E-state index contributed by atoms with van der Waals surface area (Å²) in [4.78, 5) is 14.8. The average Bonchev–Trinajstić information content (AvgIpc) is 2.99. The number of rotatable bonds is 9. The zero-order valence-electron chi connectivity index (χ0n) is 22.4. The zero-order valence-corrected chi connectivity index (χ0v) is 23.3. The number of benzene rings is 4. The van der Waals surface area contributed by atoms with Crippen molar-refractivity contribution in [3.8, 4) is 11.1 Å². The summed E-state index contributed by atoms with van der Waals surface area (Å²) in [7, 11) is 0. The van der Waals surface area contributed by atoms with Crippen LogP contribution in [0.4, 0.5) is 5.69 Å². The van der Waals surface area contributed by atoms with Gasteiger partial charge in [0.25, 0.3) is 0 Å². The molecule has 198 valence electrons. The molecule has 39 heavy (non-hydrogen) atoms. The Balaban J connectivity index is 1.62. The van der Waals surface area contributed by atoms with Crippen molar-refractivity contribution < 1.29 is 9.53 Å². The molecule has 5 rings (SSSR count). The van der Waals surface area contributed by atoms with Crippen LogP contribution in [0.15, 0.2) is 114 Å². The van der Waals surface area contributed by atoms with Gasteiger partial charge in [-0.05, 0) is 48.6 Å². The summed E-state index contributed by atoms with van der Waals surface area (Å²) in [5.74, 6) is -0.346. The van der Waals surface area contributed by atoms with Crippen LogP contribution in [0.3, 0.4) is 0 Å². The maximum absolute atomic E-state index is 13.5. The summed E-state index contributed by atoms with van der Waals surface area (Å²) in [6.45, 7) is 2.14. The van der Waals surface area contributed by atoms with Gasteiger partial charge in [0.2, 0.25) is 0 Å². The van der Waals surface area contributed by atoms with E-state index >= 15 is 0 Å². The summed E-state index contributed by atoms with van der Waals surface area (Å²) in [5, 5.41) is 4.36. The predicted molar refractivity (Wildman–Crippen MR) is 165 cm³/mol. The largest absolute Gasteiger partial charge is 0.462 e. The van der Waals surface area contributed by atoms with Crippen LogP contribution in [0.5, 0.6) is 0 Å². The van der Waals surface area contributed by atoms with E-state index in [0.29, 0.717) is 17.4 Å². The molecule has 0 bridgehead atoms. The number of anilines is 1. The third-order valence-electron chi connectivity index (χ3n) is 7.06. The number of hydrogen-bond donors (Lipinski definition) is 1. The first kappa shape index (κ1) is 26.8. The highest BCUT2D eigenvalue weighted by atomic mass is 32.2. The van der Waals surface area contributed by atoms with Crippen molar-refractivity contribution in [1.29, 1.82) is 0 Å². The SMILES string of the molecule is CCOC(=O)/C(=C(/Nc1ccccc1-c1ccccc1SC1CCCCC1)c1ccccc1)c1ccccc1. The second-order valence-electron chi connectivity index (χ2n) is 9.75. The Kier molecular flexibility index (Phi) is 9.18. The fourth-order valence-electron chi connectivity index (χ4n) is 5.17. The summed E-state index contributed by atoms with van der Waals surface area (Å²) in [5.41, 5.74) is 6.25. The Hall–Kier alpha value is -3.76. The van der Waals surface area contributed by atoms with Gasteiger partial charge in [-0.25, -0.2) is 4.79 Å². The molecule has 3 nitrogen and oxygen atoms in total. The van der Waals surface area contributed by atoms with Gasteiger partial charge in [0, 0.05) is 21.4 Å². The van der Waals surface area contributed by atoms with Crippen molar-refractivity contribution in [3.05, 3.63) is 120 Å². The van der Waals surface area contributed by atoms with E-state index in [4.69, 9.17) is 4.74 Å². The molecule has 1 saturated carbocycles. The first-order chi connectivity index (χ1) is 19.2. The van der Waals surface area contributed by atoms with Crippen molar-refractivity contribution in [2.24, 2.45) is 0 Å². The number of nitrogens with one attached hydrogen (secondary N) is 1. The summed E-state index contributed by atoms with van der Waals surface area (Å²) in [6.07, 6.45) is 6.54. The lowest BCUT2D eigenvalue weighted by Gasteiger charge is -2.23. The van der Waals surface area contributed by atoms with Crippen LogP contribution in [0.1, 0.15) is 50.2 Å². The van der Waals surface area contributed by atoms with Crippen LogP contribution in [0.25, 0.3) is 22.4 Å². The fourth-order valence-corrected chi connectivity index (χ4v) is 6.56. The van der Waals surface area contributed by atoms with E-state index in [2.05, 4.69) is 47.8 Å². The van der Waals surface area contributed by atoms with Gasteiger partial charge in [0.15, 0.2) is 0 Å². The monoisotopic (exact) mass is 533 g/mol. The van der Waals surface area contributed by atoms with E-state index in [-0.39, 0.29) is 5.97 Å². The van der Waals surface area contributed by atoms with E-state index < -0.39 is 0 Å². The van der Waals surface area contributed by atoms with Gasteiger partial charge in [0.05, 0.1) is 17.9 Å². The summed E-state index contributed by atoms with van der Waals surface area (Å²) < 4.78 is 5.58. The summed E-state index contributed by atoms with van der Waals surface area (Å²) in [6, 6.07) is 36.9. The maximum atomic E-state index is 13.5. The number of ether oxygens (including phenoxy) is 1. The number of hydrogen-bond acceptors (Lipinski definition) is 4. The van der Waals surface area contributed by atoms with Gasteiger partial charge in [-0.3, -0.25) is 0 Å². The Morgan fingerprint density at radius 2 is 1.33 bits per heavy atom. The third-order valence-corrected chi connectivity index (χ3v) is 8.48. The van der Waals surface area contributed by atoms with E-state index in [1.165, 1.54) is 42.6 Å². The minimum atomic E-state index is -0.346. The standard InChI is InChI=1S/C35H35NO2S/c1-2-38-35(37)33(26-16-6-3-7-17-26)34(27-18-8-4-9-19-27)36-31-24-14-12-22-29(31)30-23-13-15-25-32(30)39-28-20-10-5-11-21-28/h3-4,6-9,12-19,22-25,28,36H,2,5,10-11,20-21H2,1H3/b34-33+. The Morgan fingerprint density at radius 3 is 2.03 bits per heavy atom. The fraction of sp³-hybridized carbons (Fsp3) is 0.229. The Labute approximate surface area is 236 Å². The molecule has 1 aliphatic rings. The average molecular weight is 534 g/mol. The third kappa shape index (κ3) is 6.63. The number of carbonyl (C=O) groups is 1. The molecule has 0 radical (unpaired) electrons. The topological polar surface area (TPSA) is 38.3 Å². The number of para-hydroxylation sites is 1. The van der Waals surface area contributed by atoms with Crippen molar-refractivity contribution in [3.63, 3.8) is 0 Å². The lowest BCUT2D eigenvalue weighted by Crippen LogP contribution is -2.13. The van der Waals surface area contributed by atoms with E-state index in [1.54, 1.807) is 0 Å². The Bertz CT molecular complexity index is 1410. The quantitative estimate of drug-likeness (QED) is 0.132. The molecule has 0 saturated heterocycles. The molecule has 0 heterocycles. The van der Waals surface area contributed by atoms with Gasteiger partial charge >= 0.3 is 5.97 Å². The molecule has 0 spiro atoms. The molecule has 1 N–H and O–H groups in total. The Morgan fingerprint density at radius 1 is 0.744 bits per heavy atom. The molecule has 4 aromatic rings. The van der Waals surface area contributed by atoms with Crippen molar-refractivity contribution >= 4 is 34.7 Å². The lowest BCUT2D eigenvalue weighted by molar-refractivity contribution is -0.136. The van der Waals surface area contributed by atoms with E-state index in [1.807, 2.05) is 85.4 Å². The van der Waals surface area contributed by atoms with Gasteiger partial charge in [-0.2, -0.15) is 0 Å². The van der Waals surface area contributed by atoms with Crippen LogP contribution in [0.2, 0.25) is 0 Å². The van der Waals surface area contributed by atoms with Crippen LogP contribution >= 0.6 is 11.8 Å². The molecule has 0 unspecified atom stereocenters. The molecule has 1 fully saturated rings. The van der Waals surface area contributed by atoms with Gasteiger partial charge in [-0.15, -0.1) is 11.8 Å². The van der Waals surface area contributed by atoms with Gasteiger partial charge in [-0.1, -0.05) is 116 Å². The van der Waals surface area contributed by atoms with E-state index in [0.717, 1.165) is 28.1 Å². The smallest absolute Gasteiger partial charge is 0.340 e. The van der Waals surface area contributed by atoms with Crippen molar-refractivity contribution in [2.45, 2.75) is 49.2 Å². The molecule has 4 heteroatoms. The highest BCUT2D eigenvalue weighted by molar-refractivity contribution is 8.00. The van der Waals surface area contributed by atoms with E-state index in [9.17, 15) is 4.79 Å². The molecule has 1 aliphatic carbocycles. The molecule has 4 aromatic carbocycles. The first-order valence-electron chi connectivity index (χ1n) is 13.9. The van der Waals surface area contributed by atoms with Crippen LogP contribution < -0.4 is 5.32 Å². The van der Waals surface area contributed by atoms with Crippen molar-refractivity contribution in [2.75, 3.05) is 11.9 Å². The number of carbonyl (C=O) groups excluding carboxylic acids is 1. The number of esters is 1. The first-order valence-corrected chi connectivity index (χ1v) is 14.8. The highest BCUT2D eigenvalue weighted by Gasteiger charge is 2.22. The zero-order chi connectivity index (χ0) is 26.9. The van der Waals surface area contributed by atoms with Gasteiger partial charge < -0.3 is 10.1 Å². The molecular formula is C35H35NO2S. The lowest BCUT2D eigenvalue weighted by atomic mass is 9.97. The molecule has 0 amide bonds. The van der Waals surface area contributed by atoms with Crippen LogP contribution in [0, 0.1) is 0 Å². The normalized spacial score (nSPS) is 14.4. The van der Waals surface area contributed by atoms with Crippen LogP contribution in [-0.2, 0) is 9.53 Å². The minimum Gasteiger partial charge on any atom is -0.462 e. The second-order valence-corrected chi connectivity index (χ2v) is 11.1. The summed E-state index contributed by atoms with van der Waals surface area (Å²) >= 11 is 2.01. The number of thioether (sulfide) groups is 1. The maximum Gasteiger partial charge on any atom is 0.340 e. The van der Waals surface area contributed by atoms with Crippen molar-refractivity contribution in [1.82, 2.24) is 0 Å². The molecule has 0 aromatic heterocycles.